The first-order chi connectivity index (χ1) is 10.5. The Labute approximate surface area is 130 Å². The Balaban J connectivity index is 2.09. The zero-order valence-electron chi connectivity index (χ0n) is 13.3. The van der Waals surface area contributed by atoms with Gasteiger partial charge in [0.1, 0.15) is 11.6 Å². The van der Waals surface area contributed by atoms with Gasteiger partial charge in [0.15, 0.2) is 0 Å². The maximum Gasteiger partial charge on any atom is 0.308 e. The van der Waals surface area contributed by atoms with Crippen molar-refractivity contribution in [3.05, 3.63) is 11.4 Å². The van der Waals surface area contributed by atoms with Crippen LogP contribution in [-0.4, -0.2) is 47.9 Å². The van der Waals surface area contributed by atoms with Crippen LogP contribution >= 0.6 is 0 Å². The SMILES string of the molecule is COc1nc(C)nc(NCC(C(=O)O)C2CCOCC2)c1C. The Morgan fingerprint density at radius 3 is 2.68 bits per heavy atom. The Morgan fingerprint density at radius 2 is 2.09 bits per heavy atom. The lowest BCUT2D eigenvalue weighted by Gasteiger charge is -2.28. The van der Waals surface area contributed by atoms with E-state index >= 15 is 0 Å². The van der Waals surface area contributed by atoms with Gasteiger partial charge in [-0.25, -0.2) is 4.98 Å². The molecular weight excluding hydrogens is 286 g/mol. The summed E-state index contributed by atoms with van der Waals surface area (Å²) < 4.78 is 10.5. The zero-order valence-corrected chi connectivity index (χ0v) is 13.3. The maximum atomic E-state index is 11.6. The van der Waals surface area contributed by atoms with Crippen LogP contribution in [0.3, 0.4) is 0 Å². The molecule has 1 aromatic heterocycles. The van der Waals surface area contributed by atoms with Crippen LogP contribution in [-0.2, 0) is 9.53 Å². The number of carboxylic acids is 1. The lowest BCUT2D eigenvalue weighted by Crippen LogP contribution is -2.34. The predicted octanol–water partition coefficient (Wildman–Crippen LogP) is 1.64. The monoisotopic (exact) mass is 309 g/mol. The molecule has 1 atom stereocenters. The molecule has 0 amide bonds. The van der Waals surface area contributed by atoms with Gasteiger partial charge in [0.2, 0.25) is 5.88 Å². The molecule has 1 aliphatic heterocycles. The number of nitrogens with zero attached hydrogens (tertiary/aromatic N) is 2. The van der Waals surface area contributed by atoms with E-state index in [1.165, 1.54) is 0 Å². The van der Waals surface area contributed by atoms with E-state index in [0.29, 0.717) is 37.3 Å². The molecule has 0 radical (unpaired) electrons. The number of carbonyl (C=O) groups is 1. The van der Waals surface area contributed by atoms with E-state index in [4.69, 9.17) is 9.47 Å². The van der Waals surface area contributed by atoms with Gasteiger partial charge < -0.3 is 19.9 Å². The van der Waals surface area contributed by atoms with E-state index in [-0.39, 0.29) is 5.92 Å². The van der Waals surface area contributed by atoms with Gasteiger partial charge in [-0.1, -0.05) is 0 Å². The van der Waals surface area contributed by atoms with Crippen LogP contribution in [0, 0.1) is 25.7 Å². The number of hydrogen-bond acceptors (Lipinski definition) is 6. The second-order valence-electron chi connectivity index (χ2n) is 5.53. The Bertz CT molecular complexity index is 530. The molecule has 0 saturated carbocycles. The van der Waals surface area contributed by atoms with E-state index in [9.17, 15) is 9.90 Å². The third kappa shape index (κ3) is 3.85. The highest BCUT2D eigenvalue weighted by molar-refractivity contribution is 5.71. The van der Waals surface area contributed by atoms with Crippen molar-refractivity contribution in [1.29, 1.82) is 0 Å². The molecule has 1 saturated heterocycles. The number of nitrogens with one attached hydrogen (secondary N) is 1. The molecule has 1 unspecified atom stereocenters. The third-order valence-electron chi connectivity index (χ3n) is 4.05. The molecule has 2 rings (SSSR count). The summed E-state index contributed by atoms with van der Waals surface area (Å²) in [5.41, 5.74) is 0.782. The highest BCUT2D eigenvalue weighted by atomic mass is 16.5. The molecule has 0 bridgehead atoms. The van der Waals surface area contributed by atoms with Crippen molar-refractivity contribution in [3.8, 4) is 5.88 Å². The fourth-order valence-corrected chi connectivity index (χ4v) is 2.75. The van der Waals surface area contributed by atoms with Crippen molar-refractivity contribution >= 4 is 11.8 Å². The summed E-state index contributed by atoms with van der Waals surface area (Å²) in [5, 5.41) is 12.6. The van der Waals surface area contributed by atoms with Crippen molar-refractivity contribution in [1.82, 2.24) is 9.97 Å². The Morgan fingerprint density at radius 1 is 1.41 bits per heavy atom. The van der Waals surface area contributed by atoms with Gasteiger partial charge in [-0.2, -0.15) is 4.98 Å². The second-order valence-corrected chi connectivity index (χ2v) is 5.53. The van der Waals surface area contributed by atoms with Crippen molar-refractivity contribution < 1.29 is 19.4 Å². The van der Waals surface area contributed by atoms with Crippen molar-refractivity contribution in [2.24, 2.45) is 11.8 Å². The first kappa shape index (κ1) is 16.5. The average molecular weight is 309 g/mol. The summed E-state index contributed by atoms with van der Waals surface area (Å²) in [6.45, 7) is 5.23. The van der Waals surface area contributed by atoms with Crippen LogP contribution in [0.1, 0.15) is 24.2 Å². The smallest absolute Gasteiger partial charge is 0.308 e. The van der Waals surface area contributed by atoms with E-state index in [2.05, 4.69) is 15.3 Å². The first-order valence-electron chi connectivity index (χ1n) is 7.46. The van der Waals surface area contributed by atoms with E-state index in [1.54, 1.807) is 14.0 Å². The van der Waals surface area contributed by atoms with E-state index < -0.39 is 11.9 Å². The molecule has 1 aliphatic rings. The van der Waals surface area contributed by atoms with E-state index in [1.807, 2.05) is 6.92 Å². The highest BCUT2D eigenvalue weighted by Crippen LogP contribution is 2.26. The van der Waals surface area contributed by atoms with Crippen molar-refractivity contribution in [2.75, 3.05) is 32.2 Å². The van der Waals surface area contributed by atoms with Crippen molar-refractivity contribution in [3.63, 3.8) is 0 Å². The average Bonchev–Trinajstić information content (AvgIpc) is 2.51. The summed E-state index contributed by atoms with van der Waals surface area (Å²) >= 11 is 0. The summed E-state index contributed by atoms with van der Waals surface area (Å²) in [6, 6.07) is 0. The molecule has 7 heteroatoms. The standard InChI is InChI=1S/C15H23N3O4/c1-9-13(17-10(2)18-14(9)21-3)16-8-12(15(19)20)11-4-6-22-7-5-11/h11-12H,4-8H2,1-3H3,(H,19,20)(H,16,17,18). The number of hydrogen-bond donors (Lipinski definition) is 2. The van der Waals surface area contributed by atoms with Crippen LogP contribution in [0.15, 0.2) is 0 Å². The minimum absolute atomic E-state index is 0.129. The number of methoxy groups -OCH3 is 1. The molecule has 1 fully saturated rings. The summed E-state index contributed by atoms with van der Waals surface area (Å²) in [7, 11) is 1.56. The summed E-state index contributed by atoms with van der Waals surface area (Å²) in [6.07, 6.45) is 1.56. The third-order valence-corrected chi connectivity index (χ3v) is 4.05. The van der Waals surface area contributed by atoms with Crippen LogP contribution in [0.25, 0.3) is 0 Å². The van der Waals surface area contributed by atoms with Gasteiger partial charge in [0.05, 0.1) is 18.6 Å². The lowest BCUT2D eigenvalue weighted by molar-refractivity contribution is -0.144. The zero-order chi connectivity index (χ0) is 16.1. The topological polar surface area (TPSA) is 93.6 Å². The van der Waals surface area contributed by atoms with Crippen LogP contribution in [0.2, 0.25) is 0 Å². The molecular formula is C15H23N3O4. The van der Waals surface area contributed by atoms with Gasteiger partial charge >= 0.3 is 5.97 Å². The fraction of sp³-hybridized carbons (Fsp3) is 0.667. The van der Waals surface area contributed by atoms with Gasteiger partial charge in [-0.3, -0.25) is 4.79 Å². The number of aryl methyl sites for hydroxylation is 1. The second kappa shape index (κ2) is 7.40. The number of aliphatic carboxylic acids is 1. The minimum atomic E-state index is -0.783. The number of anilines is 1. The maximum absolute atomic E-state index is 11.6. The Hall–Kier alpha value is -1.89. The molecule has 2 N–H and O–H groups in total. The van der Waals surface area contributed by atoms with E-state index in [0.717, 1.165) is 18.4 Å². The number of carboxylic acid groups (broad SMARTS) is 1. The van der Waals surface area contributed by atoms with Gasteiger partial charge in [0, 0.05) is 19.8 Å². The van der Waals surface area contributed by atoms with Crippen LogP contribution in [0.4, 0.5) is 5.82 Å². The molecule has 122 valence electrons. The molecule has 0 aliphatic carbocycles. The largest absolute Gasteiger partial charge is 0.481 e. The van der Waals surface area contributed by atoms with Gasteiger partial charge in [-0.05, 0) is 32.6 Å². The Kier molecular flexibility index (Phi) is 5.54. The molecule has 0 spiro atoms. The fourth-order valence-electron chi connectivity index (χ4n) is 2.75. The van der Waals surface area contributed by atoms with Crippen LogP contribution < -0.4 is 10.1 Å². The quantitative estimate of drug-likeness (QED) is 0.825. The minimum Gasteiger partial charge on any atom is -0.481 e. The summed E-state index contributed by atoms with van der Waals surface area (Å²) in [4.78, 5) is 20.1. The molecule has 22 heavy (non-hydrogen) atoms. The number of aromatic nitrogens is 2. The lowest BCUT2D eigenvalue weighted by atomic mass is 9.86. The number of rotatable bonds is 6. The van der Waals surface area contributed by atoms with Crippen LogP contribution in [0.5, 0.6) is 5.88 Å². The van der Waals surface area contributed by atoms with Gasteiger partial charge in [0.25, 0.3) is 0 Å². The first-order valence-corrected chi connectivity index (χ1v) is 7.46. The predicted molar refractivity (Wildman–Crippen MR) is 81.2 cm³/mol. The van der Waals surface area contributed by atoms with Gasteiger partial charge in [-0.15, -0.1) is 0 Å². The summed E-state index contributed by atoms with van der Waals surface area (Å²) in [5.74, 6) is 0.613. The molecule has 7 nitrogen and oxygen atoms in total. The van der Waals surface area contributed by atoms with Crippen molar-refractivity contribution in [2.45, 2.75) is 26.7 Å². The normalized spacial score (nSPS) is 17.0. The molecule has 2 heterocycles. The highest BCUT2D eigenvalue weighted by Gasteiger charge is 2.29. The molecule has 1 aromatic rings. The molecule has 0 aromatic carbocycles. The number of ether oxygens (including phenoxy) is 2.